The molecule has 1 atom stereocenters. The first-order chi connectivity index (χ1) is 5.07. The van der Waals surface area contributed by atoms with Gasteiger partial charge in [0.05, 0.1) is 6.10 Å². The molecule has 0 bridgehead atoms. The average Bonchev–Trinajstić information content (AvgIpc) is 1.99. The van der Waals surface area contributed by atoms with Crippen molar-refractivity contribution in [3.8, 4) is 0 Å². The molecule has 0 spiro atoms. The minimum atomic E-state index is -0.117. The third-order valence-corrected chi connectivity index (χ3v) is 1.34. The second-order valence-electron chi connectivity index (χ2n) is 2.54. The van der Waals surface area contributed by atoms with Crippen molar-refractivity contribution < 1.29 is 9.53 Å². The van der Waals surface area contributed by atoms with Crippen molar-refractivity contribution in [3.05, 3.63) is 12.2 Å². The van der Waals surface area contributed by atoms with E-state index in [0.29, 0.717) is 12.1 Å². The lowest BCUT2D eigenvalue weighted by atomic mass is 10.3. The molecule has 0 rings (SSSR count). The van der Waals surface area contributed by atoms with E-state index >= 15 is 0 Å². The molecule has 0 aromatic carbocycles. The summed E-state index contributed by atoms with van der Waals surface area (Å²) in [6.45, 7) is 7.60. The molecule has 0 radical (unpaired) electrons. The standard InChI is InChI=1S/C8H15NO2/c1-6(2)8(10)9-5-7(3)11-4/h7H,1,5H2,2-4H3,(H,9,10). The highest BCUT2D eigenvalue weighted by atomic mass is 16.5. The highest BCUT2D eigenvalue weighted by Gasteiger charge is 2.03. The number of methoxy groups -OCH3 is 1. The van der Waals surface area contributed by atoms with Gasteiger partial charge in [0.25, 0.3) is 0 Å². The fraction of sp³-hybridized carbons (Fsp3) is 0.625. The summed E-state index contributed by atoms with van der Waals surface area (Å²) in [5.41, 5.74) is 0.522. The lowest BCUT2D eigenvalue weighted by molar-refractivity contribution is -0.117. The van der Waals surface area contributed by atoms with Gasteiger partial charge in [-0.25, -0.2) is 0 Å². The van der Waals surface area contributed by atoms with Crippen LogP contribution in [-0.2, 0) is 9.53 Å². The number of hydrogen-bond acceptors (Lipinski definition) is 2. The van der Waals surface area contributed by atoms with Crippen molar-refractivity contribution in [3.63, 3.8) is 0 Å². The van der Waals surface area contributed by atoms with Crippen molar-refractivity contribution in [2.24, 2.45) is 0 Å². The van der Waals surface area contributed by atoms with Gasteiger partial charge in [-0.1, -0.05) is 6.58 Å². The second kappa shape index (κ2) is 4.91. The summed E-state index contributed by atoms with van der Waals surface area (Å²) in [6.07, 6.45) is 0.0540. The zero-order valence-corrected chi connectivity index (χ0v) is 7.31. The predicted molar refractivity (Wildman–Crippen MR) is 44.3 cm³/mol. The summed E-state index contributed by atoms with van der Waals surface area (Å²) < 4.78 is 4.94. The molecule has 0 saturated heterocycles. The maximum absolute atomic E-state index is 10.9. The molecule has 0 aromatic rings. The molecule has 0 aromatic heterocycles. The lowest BCUT2D eigenvalue weighted by Crippen LogP contribution is -2.31. The van der Waals surface area contributed by atoms with Crippen molar-refractivity contribution in [2.75, 3.05) is 13.7 Å². The third kappa shape index (κ3) is 4.56. The minimum absolute atomic E-state index is 0.0540. The first-order valence-corrected chi connectivity index (χ1v) is 3.54. The molecule has 11 heavy (non-hydrogen) atoms. The summed E-state index contributed by atoms with van der Waals surface area (Å²) in [7, 11) is 1.61. The number of rotatable bonds is 4. The molecule has 1 N–H and O–H groups in total. The van der Waals surface area contributed by atoms with Gasteiger partial charge in [0.1, 0.15) is 0 Å². The highest BCUT2D eigenvalue weighted by molar-refractivity contribution is 5.92. The van der Waals surface area contributed by atoms with Gasteiger partial charge in [0, 0.05) is 19.2 Å². The molecule has 0 heterocycles. The fourth-order valence-corrected chi connectivity index (χ4v) is 0.471. The topological polar surface area (TPSA) is 38.3 Å². The van der Waals surface area contributed by atoms with Crippen LogP contribution in [0.15, 0.2) is 12.2 Å². The van der Waals surface area contributed by atoms with Crippen LogP contribution in [0.25, 0.3) is 0 Å². The zero-order valence-electron chi connectivity index (χ0n) is 7.31. The Hall–Kier alpha value is -0.830. The molecule has 3 heteroatoms. The highest BCUT2D eigenvalue weighted by Crippen LogP contribution is 1.88. The van der Waals surface area contributed by atoms with Crippen LogP contribution < -0.4 is 5.32 Å². The van der Waals surface area contributed by atoms with Crippen molar-refractivity contribution in [2.45, 2.75) is 20.0 Å². The van der Waals surface area contributed by atoms with Crippen LogP contribution in [0.1, 0.15) is 13.8 Å². The van der Waals surface area contributed by atoms with Crippen LogP contribution in [0.2, 0.25) is 0 Å². The summed E-state index contributed by atoms with van der Waals surface area (Å²) in [6, 6.07) is 0. The van der Waals surface area contributed by atoms with E-state index in [1.54, 1.807) is 14.0 Å². The van der Waals surface area contributed by atoms with Crippen LogP contribution in [0.3, 0.4) is 0 Å². The van der Waals surface area contributed by atoms with Gasteiger partial charge in [-0.2, -0.15) is 0 Å². The Kier molecular flexibility index (Phi) is 4.54. The predicted octanol–water partition coefficient (Wildman–Crippen LogP) is 0.714. The van der Waals surface area contributed by atoms with Gasteiger partial charge in [0.2, 0.25) is 5.91 Å². The van der Waals surface area contributed by atoms with Crippen LogP contribution in [-0.4, -0.2) is 25.7 Å². The van der Waals surface area contributed by atoms with Gasteiger partial charge in [0.15, 0.2) is 0 Å². The van der Waals surface area contributed by atoms with E-state index in [9.17, 15) is 4.79 Å². The SMILES string of the molecule is C=C(C)C(=O)NCC(C)OC. The molecule has 1 amide bonds. The lowest BCUT2D eigenvalue weighted by Gasteiger charge is -2.09. The molecular weight excluding hydrogens is 142 g/mol. The van der Waals surface area contributed by atoms with Crippen LogP contribution >= 0.6 is 0 Å². The molecule has 1 unspecified atom stereocenters. The largest absolute Gasteiger partial charge is 0.380 e. The molecule has 0 fully saturated rings. The normalized spacial score (nSPS) is 12.3. The molecule has 0 aliphatic carbocycles. The van der Waals surface area contributed by atoms with Gasteiger partial charge >= 0.3 is 0 Å². The molecule has 0 saturated carbocycles. The Morgan fingerprint density at radius 2 is 2.27 bits per heavy atom. The third-order valence-electron chi connectivity index (χ3n) is 1.34. The van der Waals surface area contributed by atoms with E-state index in [0.717, 1.165) is 0 Å². The minimum Gasteiger partial charge on any atom is -0.380 e. The smallest absolute Gasteiger partial charge is 0.246 e. The Labute approximate surface area is 67.4 Å². The van der Waals surface area contributed by atoms with Crippen molar-refractivity contribution in [1.82, 2.24) is 5.32 Å². The Morgan fingerprint density at radius 3 is 2.64 bits per heavy atom. The summed E-state index contributed by atoms with van der Waals surface area (Å²) in [5.74, 6) is -0.117. The first kappa shape index (κ1) is 10.2. The van der Waals surface area contributed by atoms with Gasteiger partial charge in [-0.15, -0.1) is 0 Å². The number of ether oxygens (including phenoxy) is 1. The number of amides is 1. The van der Waals surface area contributed by atoms with E-state index in [2.05, 4.69) is 11.9 Å². The Bertz CT molecular complexity index is 154. The number of carbonyl (C=O) groups excluding carboxylic acids is 1. The van der Waals surface area contributed by atoms with E-state index in [-0.39, 0.29) is 12.0 Å². The van der Waals surface area contributed by atoms with Gasteiger partial charge < -0.3 is 10.1 Å². The molecule has 0 aliphatic rings. The summed E-state index contributed by atoms with van der Waals surface area (Å²) in [4.78, 5) is 10.9. The molecule has 3 nitrogen and oxygen atoms in total. The van der Waals surface area contributed by atoms with Gasteiger partial charge in [-0.3, -0.25) is 4.79 Å². The number of carbonyl (C=O) groups is 1. The summed E-state index contributed by atoms with van der Waals surface area (Å²) >= 11 is 0. The summed E-state index contributed by atoms with van der Waals surface area (Å²) in [5, 5.41) is 2.67. The number of nitrogens with one attached hydrogen (secondary N) is 1. The van der Waals surface area contributed by atoms with Crippen LogP contribution in [0.5, 0.6) is 0 Å². The van der Waals surface area contributed by atoms with E-state index in [1.165, 1.54) is 0 Å². The second-order valence-corrected chi connectivity index (χ2v) is 2.54. The van der Waals surface area contributed by atoms with E-state index in [1.807, 2.05) is 6.92 Å². The molecule has 0 aliphatic heterocycles. The Morgan fingerprint density at radius 1 is 1.73 bits per heavy atom. The van der Waals surface area contributed by atoms with Crippen LogP contribution in [0.4, 0.5) is 0 Å². The molecular formula is C8H15NO2. The van der Waals surface area contributed by atoms with E-state index < -0.39 is 0 Å². The number of hydrogen-bond donors (Lipinski definition) is 1. The van der Waals surface area contributed by atoms with Gasteiger partial charge in [-0.05, 0) is 13.8 Å². The maximum Gasteiger partial charge on any atom is 0.246 e. The van der Waals surface area contributed by atoms with Crippen molar-refractivity contribution >= 4 is 5.91 Å². The first-order valence-electron chi connectivity index (χ1n) is 3.54. The quantitative estimate of drug-likeness (QED) is 0.610. The van der Waals surface area contributed by atoms with Crippen molar-refractivity contribution in [1.29, 1.82) is 0 Å². The van der Waals surface area contributed by atoms with Crippen LogP contribution in [0, 0.1) is 0 Å². The average molecular weight is 157 g/mol. The zero-order chi connectivity index (χ0) is 8.85. The monoisotopic (exact) mass is 157 g/mol. The maximum atomic E-state index is 10.9. The molecule has 64 valence electrons. The Balaban J connectivity index is 3.54. The van der Waals surface area contributed by atoms with E-state index in [4.69, 9.17) is 4.74 Å². The fourth-order valence-electron chi connectivity index (χ4n) is 0.471.